The molecule has 1 aromatic rings. The molecule has 11 heteroatoms. The summed E-state index contributed by atoms with van der Waals surface area (Å²) in [4.78, 5) is 26.6. The standard InChI is InChI=1S/C18H16N4O5S2/c19-7-9-28-15-4-2-1-3-14(15)20-17(23)12-27-18(24)13-5-6-16-21-29(25,26)10-8-22(16)11-13/h1-6,11H,8-10,12H2,(H,20,23). The van der Waals surface area contributed by atoms with Crippen molar-refractivity contribution in [2.24, 2.45) is 4.40 Å². The number of fused-ring (bicyclic) bond motifs is 1. The van der Waals surface area contributed by atoms with Gasteiger partial charge < -0.3 is 15.0 Å². The number of carbonyl (C=O) groups is 2. The van der Waals surface area contributed by atoms with Gasteiger partial charge in [-0.05, 0) is 24.3 Å². The number of hydrogen-bond acceptors (Lipinski definition) is 8. The zero-order valence-corrected chi connectivity index (χ0v) is 16.7. The number of para-hydroxylation sites is 1. The number of thioether (sulfide) groups is 1. The van der Waals surface area contributed by atoms with Crippen LogP contribution < -0.4 is 5.32 Å². The molecule has 0 saturated heterocycles. The third-order valence-electron chi connectivity index (χ3n) is 3.85. The van der Waals surface area contributed by atoms with Crippen molar-refractivity contribution >= 4 is 45.2 Å². The summed E-state index contributed by atoms with van der Waals surface area (Å²) in [6.45, 7) is -0.309. The second-order valence-electron chi connectivity index (χ2n) is 5.91. The zero-order chi connectivity index (χ0) is 20.9. The molecule has 2 aliphatic rings. The SMILES string of the molecule is N#CCSc1ccccc1NC(=O)COC(=O)C1=CN2CCS(=O)(=O)N=C2C=C1. The molecule has 0 saturated carbocycles. The highest BCUT2D eigenvalue weighted by atomic mass is 32.2. The van der Waals surface area contributed by atoms with Gasteiger partial charge in [0.25, 0.3) is 15.9 Å². The third-order valence-corrected chi connectivity index (χ3v) is 5.95. The minimum absolute atomic E-state index is 0.144. The average Bonchev–Trinajstić information content (AvgIpc) is 2.70. The number of esters is 1. The third kappa shape index (κ3) is 5.46. The topological polar surface area (TPSA) is 129 Å². The van der Waals surface area contributed by atoms with Crippen LogP contribution in [-0.2, 0) is 24.3 Å². The molecule has 0 spiro atoms. The number of carbonyl (C=O) groups excluding carboxylic acids is 2. The summed E-state index contributed by atoms with van der Waals surface area (Å²) in [5.41, 5.74) is 0.710. The summed E-state index contributed by atoms with van der Waals surface area (Å²) < 4.78 is 31.7. The molecule has 3 rings (SSSR count). The average molecular weight is 432 g/mol. The maximum atomic E-state index is 12.2. The first-order chi connectivity index (χ1) is 13.9. The molecule has 0 aliphatic carbocycles. The normalized spacial score (nSPS) is 16.7. The Balaban J connectivity index is 1.57. The molecular weight excluding hydrogens is 416 g/mol. The van der Waals surface area contributed by atoms with E-state index >= 15 is 0 Å². The zero-order valence-electron chi connectivity index (χ0n) is 15.1. The summed E-state index contributed by atoms with van der Waals surface area (Å²) in [6, 6.07) is 9.02. The summed E-state index contributed by atoms with van der Waals surface area (Å²) in [5.74, 6) is -0.900. The lowest BCUT2D eigenvalue weighted by Crippen LogP contribution is -2.37. The lowest BCUT2D eigenvalue weighted by Gasteiger charge is -2.26. The van der Waals surface area contributed by atoms with Crippen molar-refractivity contribution in [1.82, 2.24) is 4.90 Å². The Morgan fingerprint density at radius 1 is 1.31 bits per heavy atom. The number of rotatable bonds is 6. The van der Waals surface area contributed by atoms with E-state index in [1.54, 1.807) is 29.2 Å². The fourth-order valence-corrected chi connectivity index (χ4v) is 4.17. The molecule has 29 heavy (non-hydrogen) atoms. The van der Waals surface area contributed by atoms with Crippen LogP contribution in [0.3, 0.4) is 0 Å². The van der Waals surface area contributed by atoms with E-state index in [0.29, 0.717) is 5.69 Å². The number of hydrogen-bond donors (Lipinski definition) is 1. The fourth-order valence-electron chi connectivity index (χ4n) is 2.53. The molecule has 150 valence electrons. The molecule has 1 aromatic carbocycles. The van der Waals surface area contributed by atoms with Gasteiger partial charge in [0.1, 0.15) is 5.84 Å². The van der Waals surface area contributed by atoms with Gasteiger partial charge in [-0.25, -0.2) is 13.2 Å². The lowest BCUT2D eigenvalue weighted by molar-refractivity contribution is -0.143. The molecule has 1 amide bonds. The van der Waals surface area contributed by atoms with Gasteiger partial charge in [-0.2, -0.15) is 5.26 Å². The molecule has 9 nitrogen and oxygen atoms in total. The molecule has 0 fully saturated rings. The predicted molar refractivity (Wildman–Crippen MR) is 108 cm³/mol. The first kappa shape index (κ1) is 20.6. The molecule has 0 atom stereocenters. The van der Waals surface area contributed by atoms with E-state index in [-0.39, 0.29) is 29.5 Å². The molecule has 0 radical (unpaired) electrons. The summed E-state index contributed by atoms with van der Waals surface area (Å²) >= 11 is 1.29. The summed E-state index contributed by atoms with van der Waals surface area (Å²) in [6.07, 6.45) is 4.25. The minimum Gasteiger partial charge on any atom is -0.452 e. The highest BCUT2D eigenvalue weighted by Gasteiger charge is 2.25. The second kappa shape index (κ2) is 8.93. The second-order valence-corrected chi connectivity index (χ2v) is 8.69. The van der Waals surface area contributed by atoms with Gasteiger partial charge in [0.05, 0.1) is 28.8 Å². The maximum Gasteiger partial charge on any atom is 0.340 e. The van der Waals surface area contributed by atoms with Crippen LogP contribution in [-0.4, -0.2) is 55.7 Å². The highest BCUT2D eigenvalue weighted by molar-refractivity contribution is 7.99. The van der Waals surface area contributed by atoms with Crippen LogP contribution in [0.5, 0.6) is 0 Å². The van der Waals surface area contributed by atoms with E-state index in [2.05, 4.69) is 9.71 Å². The number of anilines is 1. The van der Waals surface area contributed by atoms with Crippen LogP contribution in [0.15, 0.2) is 57.5 Å². The highest BCUT2D eigenvalue weighted by Crippen LogP contribution is 2.26. The number of ether oxygens (including phenoxy) is 1. The van der Waals surface area contributed by atoms with Crippen LogP contribution in [0, 0.1) is 11.3 Å². The molecular formula is C18H16N4O5S2. The van der Waals surface area contributed by atoms with Crippen LogP contribution in [0.1, 0.15) is 0 Å². The Hall–Kier alpha value is -3.10. The number of amides is 1. The van der Waals surface area contributed by atoms with E-state index in [1.807, 2.05) is 6.07 Å². The van der Waals surface area contributed by atoms with Crippen LogP contribution in [0.2, 0.25) is 0 Å². The monoisotopic (exact) mass is 432 g/mol. The quantitative estimate of drug-likeness (QED) is 0.526. The largest absolute Gasteiger partial charge is 0.452 e. The Morgan fingerprint density at radius 2 is 2.10 bits per heavy atom. The minimum atomic E-state index is -3.47. The molecule has 0 aromatic heterocycles. The number of amidine groups is 1. The van der Waals surface area contributed by atoms with Crippen LogP contribution in [0.4, 0.5) is 5.69 Å². The van der Waals surface area contributed by atoms with Crippen molar-refractivity contribution in [1.29, 1.82) is 5.26 Å². The van der Waals surface area contributed by atoms with E-state index in [9.17, 15) is 18.0 Å². The first-order valence-electron chi connectivity index (χ1n) is 8.43. The van der Waals surface area contributed by atoms with Crippen molar-refractivity contribution in [3.8, 4) is 6.07 Å². The van der Waals surface area contributed by atoms with Gasteiger partial charge in [0.2, 0.25) is 0 Å². The van der Waals surface area contributed by atoms with E-state index in [1.165, 1.54) is 30.1 Å². The molecule has 2 heterocycles. The van der Waals surface area contributed by atoms with Crippen molar-refractivity contribution in [2.45, 2.75) is 4.90 Å². The fraction of sp³-hybridized carbons (Fsp3) is 0.222. The van der Waals surface area contributed by atoms with Crippen molar-refractivity contribution in [2.75, 3.05) is 30.0 Å². The molecule has 0 bridgehead atoms. The molecule has 1 N–H and O–H groups in total. The maximum absolute atomic E-state index is 12.2. The van der Waals surface area contributed by atoms with Gasteiger partial charge >= 0.3 is 5.97 Å². The molecule has 0 unspecified atom stereocenters. The van der Waals surface area contributed by atoms with Gasteiger partial charge in [-0.3, -0.25) is 4.79 Å². The lowest BCUT2D eigenvalue weighted by atomic mass is 10.2. The predicted octanol–water partition coefficient (Wildman–Crippen LogP) is 1.28. The van der Waals surface area contributed by atoms with Crippen molar-refractivity contribution < 1.29 is 22.7 Å². The Bertz CT molecular complexity index is 1070. The van der Waals surface area contributed by atoms with Crippen LogP contribution in [0.25, 0.3) is 0 Å². The van der Waals surface area contributed by atoms with Gasteiger partial charge in [-0.15, -0.1) is 16.2 Å². The van der Waals surface area contributed by atoms with E-state index < -0.39 is 28.5 Å². The van der Waals surface area contributed by atoms with Crippen molar-refractivity contribution in [3.05, 3.63) is 48.2 Å². The molecule has 2 aliphatic heterocycles. The summed E-state index contributed by atoms with van der Waals surface area (Å²) in [7, 11) is -3.47. The van der Waals surface area contributed by atoms with Crippen LogP contribution >= 0.6 is 11.8 Å². The smallest absolute Gasteiger partial charge is 0.340 e. The number of nitriles is 1. The summed E-state index contributed by atoms with van der Waals surface area (Å²) in [5, 5.41) is 11.4. The van der Waals surface area contributed by atoms with E-state index in [4.69, 9.17) is 10.00 Å². The van der Waals surface area contributed by atoms with Crippen molar-refractivity contribution in [3.63, 3.8) is 0 Å². The van der Waals surface area contributed by atoms with Gasteiger partial charge in [-0.1, -0.05) is 12.1 Å². The van der Waals surface area contributed by atoms with Gasteiger partial charge in [0, 0.05) is 17.6 Å². The van der Waals surface area contributed by atoms with Gasteiger partial charge in [0.15, 0.2) is 6.61 Å². The number of nitrogens with one attached hydrogen (secondary N) is 1. The first-order valence-corrected chi connectivity index (χ1v) is 11.0. The number of sulfonamides is 1. The number of nitrogens with zero attached hydrogens (tertiary/aromatic N) is 3. The van der Waals surface area contributed by atoms with E-state index in [0.717, 1.165) is 4.90 Å². The Morgan fingerprint density at radius 3 is 2.90 bits per heavy atom. The number of benzene rings is 1. The Kier molecular flexibility index (Phi) is 6.36. The Labute approximate surface area is 171 Å².